The van der Waals surface area contributed by atoms with Gasteiger partial charge in [-0.25, -0.2) is 4.79 Å². The third-order valence-corrected chi connectivity index (χ3v) is 7.11. The molecule has 1 unspecified atom stereocenters. The molecule has 2 aliphatic heterocycles. The maximum Gasteiger partial charge on any atom is 0.343 e. The lowest BCUT2D eigenvalue weighted by Crippen LogP contribution is -2.49. The van der Waals surface area contributed by atoms with Crippen molar-refractivity contribution in [3.63, 3.8) is 0 Å². The van der Waals surface area contributed by atoms with Crippen LogP contribution in [0.15, 0.2) is 54.6 Å². The van der Waals surface area contributed by atoms with Crippen molar-refractivity contribution >= 4 is 36.5 Å². The first-order valence-electron chi connectivity index (χ1n) is 12.3. The maximum atomic E-state index is 11.3. The van der Waals surface area contributed by atoms with Crippen LogP contribution in [0.3, 0.4) is 0 Å². The molecule has 2 heterocycles. The van der Waals surface area contributed by atoms with Crippen LogP contribution in [0, 0.1) is 11.8 Å². The van der Waals surface area contributed by atoms with Gasteiger partial charge in [-0.1, -0.05) is 30.3 Å². The number of nitrogens with one attached hydrogen (secondary N) is 2. The average Bonchev–Trinajstić information content (AvgIpc) is 2.89. The second kappa shape index (κ2) is 15.2. The average molecular weight is 525 g/mol. The summed E-state index contributed by atoms with van der Waals surface area (Å²) in [5.74, 6) is 1.77. The highest BCUT2D eigenvalue weighted by Crippen LogP contribution is 2.32. The summed E-state index contributed by atoms with van der Waals surface area (Å²) >= 11 is 0. The van der Waals surface area contributed by atoms with Gasteiger partial charge in [0.2, 0.25) is 0 Å². The van der Waals surface area contributed by atoms with Crippen LogP contribution in [-0.4, -0.2) is 51.9 Å². The smallest absolute Gasteiger partial charge is 0.343 e. The molecule has 2 fully saturated rings. The fourth-order valence-electron chi connectivity index (χ4n) is 5.22. The predicted octanol–water partition coefficient (Wildman–Crippen LogP) is 4.46. The lowest BCUT2D eigenvalue weighted by molar-refractivity contribution is -0.142. The van der Waals surface area contributed by atoms with Gasteiger partial charge in [0.25, 0.3) is 0 Å². The summed E-state index contributed by atoms with van der Waals surface area (Å²) in [5, 5.41) is 7.49. The molecule has 2 aliphatic rings. The minimum Gasteiger partial charge on any atom is -0.482 e. The van der Waals surface area contributed by atoms with Crippen molar-refractivity contribution in [1.82, 2.24) is 10.6 Å². The zero-order valence-corrected chi connectivity index (χ0v) is 22.1. The van der Waals surface area contributed by atoms with E-state index in [4.69, 9.17) is 4.74 Å². The van der Waals surface area contributed by atoms with Gasteiger partial charge in [0.15, 0.2) is 6.61 Å². The van der Waals surface area contributed by atoms with Gasteiger partial charge in [-0.2, -0.15) is 0 Å². The SMILES string of the molecule is COC(=O)COc1ccc(N2CCC(C(NCc3ccccc3)C3CCNCC3)CC2)cc1.Cl.Cl. The fraction of sp³-hybridized carbons (Fsp3) is 0.519. The third kappa shape index (κ3) is 8.57. The highest BCUT2D eigenvalue weighted by Gasteiger charge is 2.32. The quantitative estimate of drug-likeness (QED) is 0.473. The highest BCUT2D eigenvalue weighted by molar-refractivity contribution is 5.85. The number of esters is 1. The van der Waals surface area contributed by atoms with E-state index in [1.165, 1.54) is 44.0 Å². The third-order valence-electron chi connectivity index (χ3n) is 7.11. The Hall–Kier alpha value is -1.99. The van der Waals surface area contributed by atoms with E-state index in [1.54, 1.807) is 0 Å². The zero-order valence-electron chi connectivity index (χ0n) is 20.5. The second-order valence-corrected chi connectivity index (χ2v) is 9.16. The van der Waals surface area contributed by atoms with Crippen LogP contribution in [0.4, 0.5) is 5.69 Å². The Labute approximate surface area is 222 Å². The Morgan fingerprint density at radius 3 is 2.23 bits per heavy atom. The molecule has 2 aromatic carbocycles. The molecule has 6 nitrogen and oxygen atoms in total. The Morgan fingerprint density at radius 1 is 0.971 bits per heavy atom. The van der Waals surface area contributed by atoms with Gasteiger partial charge in [-0.3, -0.25) is 0 Å². The molecule has 0 amide bonds. The first-order chi connectivity index (χ1) is 16.2. The number of carbonyl (C=O) groups is 1. The summed E-state index contributed by atoms with van der Waals surface area (Å²) in [7, 11) is 1.37. The summed E-state index contributed by atoms with van der Waals surface area (Å²) in [5.41, 5.74) is 2.58. The van der Waals surface area contributed by atoms with E-state index in [0.29, 0.717) is 17.7 Å². The number of nitrogens with zero attached hydrogens (tertiary/aromatic N) is 1. The van der Waals surface area contributed by atoms with Gasteiger partial charge >= 0.3 is 5.97 Å². The van der Waals surface area contributed by atoms with Gasteiger partial charge in [0.1, 0.15) is 5.75 Å². The van der Waals surface area contributed by atoms with E-state index in [-0.39, 0.29) is 37.4 Å². The predicted molar refractivity (Wildman–Crippen MR) is 146 cm³/mol. The fourth-order valence-corrected chi connectivity index (χ4v) is 5.22. The first kappa shape index (κ1) is 29.2. The lowest BCUT2D eigenvalue weighted by Gasteiger charge is -2.42. The molecule has 0 saturated carbocycles. The van der Waals surface area contributed by atoms with Gasteiger partial charge in [0.05, 0.1) is 7.11 Å². The molecule has 0 aliphatic carbocycles. The van der Waals surface area contributed by atoms with E-state index in [2.05, 4.69) is 62.7 Å². The molecule has 8 heteroatoms. The van der Waals surface area contributed by atoms with Crippen molar-refractivity contribution < 1.29 is 14.3 Å². The monoisotopic (exact) mass is 523 g/mol. The standard InChI is InChI=1S/C27H37N3O3.2ClH/c1-32-26(31)20-33-25-9-7-24(8-10-25)30-17-13-23(14-18-30)27(22-11-15-28-16-12-22)29-19-21-5-3-2-4-6-21;;/h2-10,22-23,27-29H,11-20H2,1H3;2*1H. The van der Waals surface area contributed by atoms with E-state index in [1.807, 2.05) is 12.1 Å². The zero-order chi connectivity index (χ0) is 22.9. The van der Waals surface area contributed by atoms with Crippen molar-refractivity contribution in [2.24, 2.45) is 11.8 Å². The Bertz CT molecular complexity index is 856. The largest absolute Gasteiger partial charge is 0.482 e. The molecule has 2 N–H and O–H groups in total. The number of hydrogen-bond donors (Lipinski definition) is 2. The van der Waals surface area contributed by atoms with Gasteiger partial charge in [0, 0.05) is 31.4 Å². The minimum absolute atomic E-state index is 0. The van der Waals surface area contributed by atoms with Crippen molar-refractivity contribution in [2.75, 3.05) is 44.8 Å². The van der Waals surface area contributed by atoms with Crippen LogP contribution in [0.2, 0.25) is 0 Å². The molecular formula is C27H39Cl2N3O3. The minimum atomic E-state index is -0.370. The highest BCUT2D eigenvalue weighted by atomic mass is 35.5. The summed E-state index contributed by atoms with van der Waals surface area (Å²) in [6.45, 7) is 5.30. The number of halogens is 2. The number of ether oxygens (including phenoxy) is 2. The normalized spacial score (nSPS) is 17.6. The number of piperidine rings is 2. The van der Waals surface area contributed by atoms with Crippen molar-refractivity contribution in [3.8, 4) is 5.75 Å². The van der Waals surface area contributed by atoms with Crippen LogP contribution in [0.1, 0.15) is 31.2 Å². The maximum absolute atomic E-state index is 11.3. The topological polar surface area (TPSA) is 62.8 Å². The molecule has 0 bridgehead atoms. The Kier molecular flexibility index (Phi) is 12.7. The Balaban J connectivity index is 0.00000216. The number of anilines is 1. The van der Waals surface area contributed by atoms with Crippen LogP contribution in [0.5, 0.6) is 5.75 Å². The van der Waals surface area contributed by atoms with Crippen LogP contribution in [-0.2, 0) is 16.1 Å². The van der Waals surface area contributed by atoms with E-state index in [0.717, 1.165) is 38.6 Å². The van der Waals surface area contributed by atoms with Crippen LogP contribution >= 0.6 is 24.8 Å². The Morgan fingerprint density at radius 2 is 1.60 bits per heavy atom. The van der Waals surface area contributed by atoms with E-state index >= 15 is 0 Å². The number of benzene rings is 2. The summed E-state index contributed by atoms with van der Waals surface area (Å²) in [6, 6.07) is 19.4. The molecule has 1 atom stereocenters. The number of hydrogen-bond acceptors (Lipinski definition) is 6. The first-order valence-corrected chi connectivity index (χ1v) is 12.3. The lowest BCUT2D eigenvalue weighted by atomic mass is 9.78. The van der Waals surface area contributed by atoms with Crippen LogP contribution in [0.25, 0.3) is 0 Å². The number of carbonyl (C=O) groups excluding carboxylic acids is 1. The van der Waals surface area contributed by atoms with Crippen molar-refractivity contribution in [1.29, 1.82) is 0 Å². The molecule has 0 aromatic heterocycles. The van der Waals surface area contributed by atoms with Crippen molar-refractivity contribution in [3.05, 3.63) is 60.2 Å². The molecule has 35 heavy (non-hydrogen) atoms. The number of methoxy groups -OCH3 is 1. The summed E-state index contributed by atoms with van der Waals surface area (Å²) < 4.78 is 10.1. The summed E-state index contributed by atoms with van der Waals surface area (Å²) in [6.07, 6.45) is 4.94. The van der Waals surface area contributed by atoms with E-state index in [9.17, 15) is 4.79 Å². The molecule has 0 radical (unpaired) electrons. The molecule has 194 valence electrons. The molecule has 2 saturated heterocycles. The van der Waals surface area contributed by atoms with Gasteiger partial charge in [-0.15, -0.1) is 24.8 Å². The van der Waals surface area contributed by atoms with Crippen LogP contribution < -0.4 is 20.3 Å². The second-order valence-electron chi connectivity index (χ2n) is 9.16. The van der Waals surface area contributed by atoms with E-state index < -0.39 is 0 Å². The van der Waals surface area contributed by atoms with Gasteiger partial charge < -0.3 is 25.0 Å². The van der Waals surface area contributed by atoms with Crippen molar-refractivity contribution in [2.45, 2.75) is 38.3 Å². The number of rotatable bonds is 9. The molecule has 4 rings (SSSR count). The molecule has 0 spiro atoms. The van der Waals surface area contributed by atoms with Gasteiger partial charge in [-0.05, 0) is 80.4 Å². The summed E-state index contributed by atoms with van der Waals surface area (Å²) in [4.78, 5) is 13.7. The molecule has 2 aromatic rings. The molecular weight excluding hydrogens is 485 g/mol.